The quantitative estimate of drug-likeness (QED) is 0.448. The van der Waals surface area contributed by atoms with E-state index in [2.05, 4.69) is 4.74 Å². The molecule has 1 aromatic carbocycles. The number of hydrogen-bond acceptors (Lipinski definition) is 2. The molecule has 0 spiro atoms. The Morgan fingerprint density at radius 3 is 2.45 bits per heavy atom. The van der Waals surface area contributed by atoms with E-state index in [-0.39, 0.29) is 12.5 Å². The van der Waals surface area contributed by atoms with E-state index in [1.807, 2.05) is 5.92 Å². The van der Waals surface area contributed by atoms with Crippen LogP contribution in [0.5, 0.6) is 0 Å². The van der Waals surface area contributed by atoms with Crippen LogP contribution < -0.4 is 5.32 Å². The molecule has 3 nitrogen and oxygen atoms in total. The molecule has 1 amide bonds. The summed E-state index contributed by atoms with van der Waals surface area (Å²) in [6.45, 7) is 1.39. The number of carbonyl (C=O) groups excluding carboxylic acids is 1. The van der Waals surface area contributed by atoms with Gasteiger partial charge in [0, 0.05) is 12.5 Å². The number of halogens is 6. The van der Waals surface area contributed by atoms with Gasteiger partial charge in [0.15, 0.2) is 11.6 Å². The van der Waals surface area contributed by atoms with Gasteiger partial charge in [-0.2, -0.15) is 13.2 Å². The Hall–Kier alpha value is -2.37. The van der Waals surface area contributed by atoms with Crippen molar-refractivity contribution >= 4 is 11.8 Å². The first-order valence-electron chi connectivity index (χ1n) is 5.88. The number of hydrogen-bond donors (Lipinski definition) is 1. The minimum Gasteiger partial charge on any atom is -0.415 e. The first kappa shape index (κ1) is 16.0. The number of cyclic esters (lactones) is 1. The molecule has 1 aliphatic heterocycles. The fourth-order valence-corrected chi connectivity index (χ4v) is 1.94. The fraction of sp³-hybridized carbons (Fsp3) is 0.308. The van der Waals surface area contributed by atoms with Crippen LogP contribution in [0.2, 0.25) is 0 Å². The molecule has 1 aliphatic rings. The topological polar surface area (TPSA) is 38.3 Å². The Labute approximate surface area is 120 Å². The number of fused-ring (bicyclic) bond motifs is 1. The Kier molecular flexibility index (Phi) is 3.73. The lowest BCUT2D eigenvalue weighted by Gasteiger charge is -2.36. The molecule has 1 aromatic rings. The molecule has 1 heterocycles. The van der Waals surface area contributed by atoms with Gasteiger partial charge < -0.3 is 4.74 Å². The molecule has 0 fully saturated rings. The Balaban J connectivity index is 2.92. The summed E-state index contributed by atoms with van der Waals surface area (Å²) in [7, 11) is 0. The predicted molar refractivity (Wildman–Crippen MR) is 62.2 cm³/mol. The number of anilines is 1. The molecule has 1 N–H and O–H groups in total. The zero-order valence-corrected chi connectivity index (χ0v) is 10.9. The van der Waals surface area contributed by atoms with Gasteiger partial charge in [-0.15, -0.1) is 0 Å². The maximum absolute atomic E-state index is 13.9. The summed E-state index contributed by atoms with van der Waals surface area (Å²) < 4.78 is 85.2. The second kappa shape index (κ2) is 5.12. The third-order valence-corrected chi connectivity index (χ3v) is 2.84. The van der Waals surface area contributed by atoms with Gasteiger partial charge >= 0.3 is 12.3 Å². The summed E-state index contributed by atoms with van der Waals surface area (Å²) in [6, 6.07) is 0.0220. The maximum Gasteiger partial charge on any atom is 0.445 e. The van der Waals surface area contributed by atoms with Crippen LogP contribution in [-0.2, 0) is 10.3 Å². The molecule has 9 heteroatoms. The normalized spacial score (nSPS) is 20.4. The molecule has 0 saturated carbocycles. The van der Waals surface area contributed by atoms with Crippen LogP contribution in [0.25, 0.3) is 0 Å². The lowest BCUT2D eigenvalue weighted by atomic mass is 9.89. The fourth-order valence-electron chi connectivity index (χ4n) is 1.94. The highest BCUT2D eigenvalue weighted by molar-refractivity contribution is 5.90. The zero-order chi connectivity index (χ0) is 16.7. The standard InChI is InChI=1S/C13H7F6NO2/c1-2-3-4-12(13(17,18)19)8-9(16)6(14)5-7(15)10(8)20-11(21)22-12/h5H,2H2,1H3,(H,20,21). The summed E-state index contributed by atoms with van der Waals surface area (Å²) in [6.07, 6.45) is -7.18. The largest absolute Gasteiger partial charge is 0.445 e. The minimum absolute atomic E-state index is 0.0220. The molecule has 22 heavy (non-hydrogen) atoms. The van der Waals surface area contributed by atoms with Crippen molar-refractivity contribution in [2.45, 2.75) is 25.1 Å². The molecule has 118 valence electrons. The van der Waals surface area contributed by atoms with Gasteiger partial charge in [-0.05, 0) is 5.92 Å². The summed E-state index contributed by atoms with van der Waals surface area (Å²) in [5, 5.41) is 1.59. The van der Waals surface area contributed by atoms with Gasteiger partial charge in [-0.25, -0.2) is 18.0 Å². The summed E-state index contributed by atoms with van der Waals surface area (Å²) in [4.78, 5) is 11.3. The van der Waals surface area contributed by atoms with Crippen LogP contribution >= 0.6 is 0 Å². The van der Waals surface area contributed by atoms with Gasteiger partial charge in [0.2, 0.25) is 0 Å². The SMILES string of the molecule is CCC#CC1(C(F)(F)F)OC(=O)Nc2c(F)cc(F)c(F)c21. The van der Waals surface area contributed by atoms with Gasteiger partial charge in [0.1, 0.15) is 5.82 Å². The highest BCUT2D eigenvalue weighted by Crippen LogP contribution is 2.49. The molecule has 0 aromatic heterocycles. The van der Waals surface area contributed by atoms with Crippen molar-refractivity contribution in [1.82, 2.24) is 0 Å². The van der Waals surface area contributed by atoms with Crippen LogP contribution in [0.4, 0.5) is 36.8 Å². The average Bonchev–Trinajstić information content (AvgIpc) is 2.40. The van der Waals surface area contributed by atoms with Crippen molar-refractivity contribution in [2.75, 3.05) is 5.32 Å². The second-order valence-electron chi connectivity index (χ2n) is 4.25. The van der Waals surface area contributed by atoms with E-state index < -0.39 is 46.6 Å². The van der Waals surface area contributed by atoms with Gasteiger partial charge in [0.25, 0.3) is 5.60 Å². The average molecular weight is 323 g/mol. The van der Waals surface area contributed by atoms with Gasteiger partial charge in [0.05, 0.1) is 11.3 Å². The van der Waals surface area contributed by atoms with E-state index in [1.165, 1.54) is 6.92 Å². The van der Waals surface area contributed by atoms with Crippen LogP contribution in [0, 0.1) is 29.3 Å². The lowest BCUT2D eigenvalue weighted by Crippen LogP contribution is -2.50. The van der Waals surface area contributed by atoms with Gasteiger partial charge in [-0.1, -0.05) is 12.8 Å². The molecule has 0 radical (unpaired) electrons. The molecule has 2 rings (SSSR count). The van der Waals surface area contributed by atoms with Crippen molar-refractivity contribution in [2.24, 2.45) is 0 Å². The van der Waals surface area contributed by atoms with Crippen LogP contribution in [0.15, 0.2) is 6.07 Å². The third-order valence-electron chi connectivity index (χ3n) is 2.84. The maximum atomic E-state index is 13.9. The molecule has 0 bridgehead atoms. The van der Waals surface area contributed by atoms with E-state index in [0.29, 0.717) is 0 Å². The summed E-state index contributed by atoms with van der Waals surface area (Å²) >= 11 is 0. The molecule has 0 aliphatic carbocycles. The molecular formula is C13H7F6NO2. The van der Waals surface area contributed by atoms with E-state index in [0.717, 1.165) is 0 Å². The minimum atomic E-state index is -5.41. The zero-order valence-electron chi connectivity index (χ0n) is 10.9. The van der Waals surface area contributed by atoms with E-state index in [9.17, 15) is 31.1 Å². The number of benzene rings is 1. The van der Waals surface area contributed by atoms with Crippen molar-refractivity contribution in [3.05, 3.63) is 29.1 Å². The van der Waals surface area contributed by atoms with E-state index in [4.69, 9.17) is 0 Å². The number of ether oxygens (including phenoxy) is 1. The third kappa shape index (κ3) is 2.24. The Bertz CT molecular complexity index is 703. The van der Waals surface area contributed by atoms with Crippen LogP contribution in [0.3, 0.4) is 0 Å². The smallest absolute Gasteiger partial charge is 0.415 e. The van der Waals surface area contributed by atoms with E-state index >= 15 is 0 Å². The van der Waals surface area contributed by atoms with Crippen LogP contribution in [0.1, 0.15) is 18.9 Å². The number of carbonyl (C=O) groups is 1. The Morgan fingerprint density at radius 1 is 1.27 bits per heavy atom. The lowest BCUT2D eigenvalue weighted by molar-refractivity contribution is -0.240. The summed E-state index contributed by atoms with van der Waals surface area (Å²) in [5.74, 6) is -1.85. The van der Waals surface area contributed by atoms with Gasteiger partial charge in [-0.3, -0.25) is 5.32 Å². The van der Waals surface area contributed by atoms with Crippen molar-refractivity contribution in [3.8, 4) is 11.8 Å². The van der Waals surface area contributed by atoms with Crippen molar-refractivity contribution in [3.63, 3.8) is 0 Å². The molecule has 1 atom stereocenters. The second-order valence-corrected chi connectivity index (χ2v) is 4.25. The number of amides is 1. The van der Waals surface area contributed by atoms with E-state index in [1.54, 1.807) is 11.2 Å². The highest BCUT2D eigenvalue weighted by Gasteiger charge is 2.64. The first-order valence-corrected chi connectivity index (χ1v) is 5.88. The number of nitrogens with one attached hydrogen (secondary N) is 1. The number of alkyl halides is 3. The summed E-state index contributed by atoms with van der Waals surface area (Å²) in [5.41, 5.74) is -6.48. The monoisotopic (exact) mass is 323 g/mol. The number of rotatable bonds is 0. The Morgan fingerprint density at radius 2 is 1.91 bits per heavy atom. The molecule has 0 saturated heterocycles. The molecule has 1 unspecified atom stereocenters. The predicted octanol–water partition coefficient (Wildman–Crippen LogP) is 3.84. The van der Waals surface area contributed by atoms with Crippen LogP contribution in [-0.4, -0.2) is 12.3 Å². The van der Waals surface area contributed by atoms with Crippen molar-refractivity contribution in [1.29, 1.82) is 0 Å². The molecular weight excluding hydrogens is 316 g/mol. The van der Waals surface area contributed by atoms with Crippen molar-refractivity contribution < 1.29 is 35.9 Å². The first-order chi connectivity index (χ1) is 10.1. The highest BCUT2D eigenvalue weighted by atomic mass is 19.4.